The molecule has 0 bridgehead atoms. The molecule has 1 heteroatoms. The first kappa shape index (κ1) is 19.4. The molecule has 0 aliphatic carbocycles. The molecule has 0 heterocycles. The van der Waals surface area contributed by atoms with E-state index in [0.29, 0.717) is 0 Å². The summed E-state index contributed by atoms with van der Waals surface area (Å²) < 4.78 is 0. The lowest BCUT2D eigenvalue weighted by Gasteiger charge is -2.00. The molecule has 1 aromatic carbocycles. The fourth-order valence-corrected chi connectivity index (χ4v) is 2.68. The molecule has 1 aromatic rings. The zero-order chi connectivity index (χ0) is 16.6. The van der Waals surface area contributed by atoms with Gasteiger partial charge in [0.1, 0.15) is 0 Å². The zero-order valence-corrected chi connectivity index (χ0v) is 14.7. The first-order valence-electron chi connectivity index (χ1n) is 9.26. The Morgan fingerprint density at radius 1 is 0.783 bits per heavy atom. The molecule has 0 radical (unpaired) electrons. The highest BCUT2D eigenvalue weighted by molar-refractivity contribution is 5.81. The molecule has 0 aliphatic heterocycles. The molecule has 1 nitrogen and oxygen atoms in total. The van der Waals surface area contributed by atoms with Crippen LogP contribution in [0.25, 0.3) is 6.08 Å². The van der Waals surface area contributed by atoms with Crippen molar-refractivity contribution >= 4 is 12.4 Å². The molecular weight excluding hydrogens is 280 g/mol. The van der Waals surface area contributed by atoms with E-state index in [-0.39, 0.29) is 0 Å². The second-order valence-electron chi connectivity index (χ2n) is 6.15. The van der Waals surface area contributed by atoms with Crippen molar-refractivity contribution in [2.24, 2.45) is 0 Å². The van der Waals surface area contributed by atoms with Crippen molar-refractivity contribution < 1.29 is 4.79 Å². The summed E-state index contributed by atoms with van der Waals surface area (Å²) in [5.41, 5.74) is 1.73. The number of unbranched alkanes of at least 4 members (excludes halogenated alkanes) is 9. The Balaban J connectivity index is 2.04. The fraction of sp³-hybridized carbons (Fsp3) is 0.500. The molecule has 0 saturated heterocycles. The molecule has 23 heavy (non-hydrogen) atoms. The summed E-state index contributed by atoms with van der Waals surface area (Å²) in [5, 5.41) is 0. The van der Waals surface area contributed by atoms with E-state index in [4.69, 9.17) is 0 Å². The average molecular weight is 312 g/mol. The van der Waals surface area contributed by atoms with Gasteiger partial charge in [-0.3, -0.25) is 4.79 Å². The Labute approximate surface area is 142 Å². The van der Waals surface area contributed by atoms with E-state index in [1.165, 1.54) is 57.8 Å². The van der Waals surface area contributed by atoms with Crippen LogP contribution in [0, 0.1) is 0 Å². The maximum absolute atomic E-state index is 10.9. The highest BCUT2D eigenvalue weighted by Gasteiger charge is 1.94. The van der Waals surface area contributed by atoms with Crippen molar-refractivity contribution in [3.05, 3.63) is 53.6 Å². The second-order valence-corrected chi connectivity index (χ2v) is 6.15. The van der Waals surface area contributed by atoms with Gasteiger partial charge in [-0.25, -0.2) is 0 Å². The third-order valence-corrected chi connectivity index (χ3v) is 4.12. The minimum absolute atomic E-state index is 0.746. The summed E-state index contributed by atoms with van der Waals surface area (Å²) in [6.45, 7) is 2.27. The van der Waals surface area contributed by atoms with Gasteiger partial charge in [0.25, 0.3) is 0 Å². The average Bonchev–Trinajstić information content (AvgIpc) is 2.59. The van der Waals surface area contributed by atoms with Crippen LogP contribution in [-0.4, -0.2) is 6.29 Å². The highest BCUT2D eigenvalue weighted by atomic mass is 16.1. The zero-order valence-electron chi connectivity index (χ0n) is 14.7. The van der Waals surface area contributed by atoms with Gasteiger partial charge in [-0.1, -0.05) is 107 Å². The molecule has 0 atom stereocenters. The number of carbonyl (C=O) groups is 1. The highest BCUT2D eigenvalue weighted by Crippen LogP contribution is 2.11. The van der Waals surface area contributed by atoms with E-state index < -0.39 is 0 Å². The first-order valence-corrected chi connectivity index (χ1v) is 9.26. The van der Waals surface area contributed by atoms with Crippen molar-refractivity contribution in [2.75, 3.05) is 0 Å². The fourth-order valence-electron chi connectivity index (χ4n) is 2.68. The molecule has 0 aromatic heterocycles. The van der Waals surface area contributed by atoms with Gasteiger partial charge in [-0.05, 0) is 18.4 Å². The number of aldehydes is 1. The van der Waals surface area contributed by atoms with Gasteiger partial charge in [0.2, 0.25) is 0 Å². The molecule has 126 valence electrons. The molecule has 0 fully saturated rings. The van der Waals surface area contributed by atoms with Crippen molar-refractivity contribution in [1.82, 2.24) is 0 Å². The molecule has 0 saturated carbocycles. The quantitative estimate of drug-likeness (QED) is 0.218. The van der Waals surface area contributed by atoms with Gasteiger partial charge >= 0.3 is 0 Å². The minimum Gasteiger partial charge on any atom is -0.298 e. The standard InChI is InChI=1S/C22H32O/c1-2-3-4-5-6-7-8-9-10-11-12-13-14-17-21-18-15-16-19-22(21)20-23/h12-20H,2-11H2,1H3. The molecule has 1 rings (SSSR count). The van der Waals surface area contributed by atoms with E-state index in [9.17, 15) is 4.79 Å². The van der Waals surface area contributed by atoms with Crippen LogP contribution in [0.5, 0.6) is 0 Å². The van der Waals surface area contributed by atoms with Crippen molar-refractivity contribution in [3.8, 4) is 0 Å². The van der Waals surface area contributed by atoms with Crippen LogP contribution >= 0.6 is 0 Å². The van der Waals surface area contributed by atoms with Crippen LogP contribution in [0.1, 0.15) is 87.1 Å². The lowest BCUT2D eigenvalue weighted by molar-refractivity contribution is 0.112. The lowest BCUT2D eigenvalue weighted by Crippen LogP contribution is -1.83. The Bertz CT molecular complexity index is 471. The van der Waals surface area contributed by atoms with Crippen molar-refractivity contribution in [2.45, 2.75) is 71.1 Å². The van der Waals surface area contributed by atoms with Gasteiger partial charge in [-0.15, -0.1) is 0 Å². The summed E-state index contributed by atoms with van der Waals surface area (Å²) in [6, 6.07) is 7.66. The lowest BCUT2D eigenvalue weighted by atomic mass is 10.1. The maximum Gasteiger partial charge on any atom is 0.150 e. The minimum atomic E-state index is 0.746. The molecule has 0 aliphatic rings. The summed E-state index contributed by atoms with van der Waals surface area (Å²) in [6.07, 6.45) is 22.8. The number of hydrogen-bond acceptors (Lipinski definition) is 1. The van der Waals surface area contributed by atoms with E-state index >= 15 is 0 Å². The second kappa shape index (κ2) is 14.0. The molecule has 0 unspecified atom stereocenters. The van der Waals surface area contributed by atoms with Crippen molar-refractivity contribution in [1.29, 1.82) is 0 Å². The first-order chi connectivity index (χ1) is 11.4. The molecular formula is C22H32O. The number of carbonyl (C=O) groups excluding carboxylic acids is 1. The summed E-state index contributed by atoms with van der Waals surface area (Å²) in [4.78, 5) is 10.9. The largest absolute Gasteiger partial charge is 0.298 e. The number of rotatable bonds is 13. The summed E-state index contributed by atoms with van der Waals surface area (Å²) >= 11 is 0. The van der Waals surface area contributed by atoms with Gasteiger partial charge in [0.15, 0.2) is 6.29 Å². The van der Waals surface area contributed by atoms with Gasteiger partial charge in [-0.2, -0.15) is 0 Å². The van der Waals surface area contributed by atoms with Gasteiger partial charge in [0, 0.05) is 5.56 Å². The smallest absolute Gasteiger partial charge is 0.150 e. The monoisotopic (exact) mass is 312 g/mol. The Kier molecular flexibility index (Phi) is 11.8. The Hall–Kier alpha value is -1.63. The topological polar surface area (TPSA) is 17.1 Å². The number of benzene rings is 1. The van der Waals surface area contributed by atoms with Gasteiger partial charge < -0.3 is 0 Å². The van der Waals surface area contributed by atoms with Crippen LogP contribution in [0.15, 0.2) is 42.5 Å². The molecule has 0 N–H and O–H groups in total. The van der Waals surface area contributed by atoms with E-state index in [2.05, 4.69) is 19.1 Å². The van der Waals surface area contributed by atoms with Gasteiger partial charge in [0.05, 0.1) is 0 Å². The summed E-state index contributed by atoms with van der Waals surface area (Å²) in [7, 11) is 0. The Morgan fingerprint density at radius 2 is 1.39 bits per heavy atom. The van der Waals surface area contributed by atoms with Crippen LogP contribution in [0.3, 0.4) is 0 Å². The third kappa shape index (κ3) is 9.89. The number of hydrogen-bond donors (Lipinski definition) is 0. The normalized spacial score (nSPS) is 11.5. The van der Waals surface area contributed by atoms with Crippen LogP contribution in [-0.2, 0) is 0 Å². The maximum atomic E-state index is 10.9. The SMILES string of the molecule is CCCCCCCCCCCC=CC=Cc1ccccc1C=O. The third-order valence-electron chi connectivity index (χ3n) is 4.12. The molecule has 0 spiro atoms. The number of allylic oxidation sites excluding steroid dienone is 3. The van der Waals surface area contributed by atoms with Crippen LogP contribution in [0.4, 0.5) is 0 Å². The summed E-state index contributed by atoms with van der Waals surface area (Å²) in [5.74, 6) is 0. The van der Waals surface area contributed by atoms with E-state index in [0.717, 1.165) is 23.8 Å². The Morgan fingerprint density at radius 3 is 2.04 bits per heavy atom. The van der Waals surface area contributed by atoms with E-state index in [1.54, 1.807) is 0 Å². The van der Waals surface area contributed by atoms with Crippen LogP contribution < -0.4 is 0 Å². The predicted octanol–water partition coefficient (Wildman–Crippen LogP) is 6.99. The molecule has 0 amide bonds. The predicted molar refractivity (Wildman–Crippen MR) is 102 cm³/mol. The van der Waals surface area contributed by atoms with Crippen LogP contribution in [0.2, 0.25) is 0 Å². The van der Waals surface area contributed by atoms with Crippen molar-refractivity contribution in [3.63, 3.8) is 0 Å². The van der Waals surface area contributed by atoms with E-state index in [1.807, 2.05) is 36.4 Å².